The zero-order valence-electron chi connectivity index (χ0n) is 14.3. The maximum atomic E-state index is 12.7. The molecule has 2 aromatic carbocycles. The Labute approximate surface area is 167 Å². The zero-order chi connectivity index (χ0) is 18.7. The number of benzene rings is 2. The van der Waals surface area contributed by atoms with Crippen LogP contribution in [0.2, 0.25) is 5.02 Å². The number of hydrogen-bond acceptors (Lipinski definition) is 5. The minimum Gasteiger partial charge on any atom is -0.496 e. The molecule has 0 aromatic heterocycles. The van der Waals surface area contributed by atoms with Crippen molar-refractivity contribution in [3.8, 4) is 5.75 Å². The SMILES string of the molecule is COc1ccccc1/C=C1\SC(=S)N(CNc2ccc(C)c(Cl)c2)C1=O. The first-order chi connectivity index (χ1) is 12.5. The molecule has 3 rings (SSSR count). The third kappa shape index (κ3) is 4.03. The quantitative estimate of drug-likeness (QED) is 0.565. The second-order valence-corrected chi connectivity index (χ2v) is 7.73. The molecule has 0 bridgehead atoms. The Morgan fingerprint density at radius 3 is 2.81 bits per heavy atom. The molecule has 0 atom stereocenters. The van der Waals surface area contributed by atoms with Crippen molar-refractivity contribution in [1.29, 1.82) is 0 Å². The third-order valence-electron chi connectivity index (χ3n) is 3.91. The van der Waals surface area contributed by atoms with Gasteiger partial charge in [-0.2, -0.15) is 0 Å². The largest absolute Gasteiger partial charge is 0.496 e. The number of thiocarbonyl (C=S) groups is 1. The minimum atomic E-state index is -0.128. The van der Waals surface area contributed by atoms with Gasteiger partial charge in [0, 0.05) is 16.3 Å². The van der Waals surface area contributed by atoms with Crippen LogP contribution in [0.3, 0.4) is 0 Å². The van der Waals surface area contributed by atoms with Crippen LogP contribution < -0.4 is 10.1 Å². The number of hydrogen-bond donors (Lipinski definition) is 1. The number of carbonyl (C=O) groups excluding carboxylic acids is 1. The standard InChI is InChI=1S/C19H17ClN2O2S2/c1-12-7-8-14(10-15(12)20)21-11-22-18(23)17(26-19(22)25)9-13-5-3-4-6-16(13)24-2/h3-10,21H,11H2,1-2H3/b17-9-. The predicted octanol–water partition coefficient (Wildman–Crippen LogP) is 4.93. The van der Waals surface area contributed by atoms with Crippen LogP contribution in [0, 0.1) is 6.92 Å². The van der Waals surface area contributed by atoms with Gasteiger partial charge in [-0.1, -0.05) is 59.8 Å². The molecule has 1 aliphatic heterocycles. The Kier molecular flexibility index (Phi) is 5.86. The summed E-state index contributed by atoms with van der Waals surface area (Å²) in [6, 6.07) is 13.2. The Bertz CT molecular complexity index is 899. The van der Waals surface area contributed by atoms with Crippen molar-refractivity contribution in [2.45, 2.75) is 6.92 Å². The van der Waals surface area contributed by atoms with E-state index in [0.717, 1.165) is 16.8 Å². The van der Waals surface area contributed by atoms with Crippen molar-refractivity contribution in [2.24, 2.45) is 0 Å². The Balaban J connectivity index is 1.74. The van der Waals surface area contributed by atoms with E-state index in [4.69, 9.17) is 28.6 Å². The summed E-state index contributed by atoms with van der Waals surface area (Å²) in [5.74, 6) is 0.585. The predicted molar refractivity (Wildman–Crippen MR) is 113 cm³/mol. The van der Waals surface area contributed by atoms with Crippen LogP contribution in [-0.4, -0.2) is 28.9 Å². The number of aryl methyl sites for hydroxylation is 1. The maximum absolute atomic E-state index is 12.7. The van der Waals surface area contributed by atoms with Gasteiger partial charge in [-0.3, -0.25) is 9.69 Å². The Hall–Kier alpha value is -2.02. The third-order valence-corrected chi connectivity index (χ3v) is 5.70. The fraction of sp³-hybridized carbons (Fsp3) is 0.158. The van der Waals surface area contributed by atoms with E-state index in [1.54, 1.807) is 13.2 Å². The summed E-state index contributed by atoms with van der Waals surface area (Å²) in [5, 5.41) is 3.87. The van der Waals surface area contributed by atoms with Crippen LogP contribution in [0.1, 0.15) is 11.1 Å². The topological polar surface area (TPSA) is 41.6 Å². The number of ether oxygens (including phenoxy) is 1. The summed E-state index contributed by atoms with van der Waals surface area (Å²) < 4.78 is 5.85. The average Bonchev–Trinajstić information content (AvgIpc) is 2.90. The number of halogens is 1. The van der Waals surface area contributed by atoms with Gasteiger partial charge >= 0.3 is 0 Å². The number of thioether (sulfide) groups is 1. The van der Waals surface area contributed by atoms with E-state index >= 15 is 0 Å². The van der Waals surface area contributed by atoms with E-state index in [9.17, 15) is 4.79 Å². The Morgan fingerprint density at radius 1 is 1.31 bits per heavy atom. The number of nitrogens with one attached hydrogen (secondary N) is 1. The summed E-state index contributed by atoms with van der Waals surface area (Å²) in [5.41, 5.74) is 2.68. The van der Waals surface area contributed by atoms with Gasteiger partial charge in [0.05, 0.1) is 18.7 Å². The molecule has 0 unspecified atom stereocenters. The molecule has 0 aliphatic carbocycles. The van der Waals surface area contributed by atoms with Gasteiger partial charge in [-0.15, -0.1) is 0 Å². The molecule has 4 nitrogen and oxygen atoms in total. The number of rotatable bonds is 5. The molecule has 1 amide bonds. The first-order valence-electron chi connectivity index (χ1n) is 7.88. The van der Waals surface area contributed by atoms with E-state index in [-0.39, 0.29) is 12.6 Å². The van der Waals surface area contributed by atoms with Crippen molar-refractivity contribution in [3.05, 3.63) is 63.5 Å². The molecule has 1 saturated heterocycles. The molecule has 0 radical (unpaired) electrons. The number of nitrogens with zero attached hydrogens (tertiary/aromatic N) is 1. The van der Waals surface area contributed by atoms with Crippen LogP contribution in [-0.2, 0) is 4.79 Å². The molecule has 1 N–H and O–H groups in total. The van der Waals surface area contributed by atoms with E-state index in [1.807, 2.05) is 49.4 Å². The first kappa shape index (κ1) is 18.8. The van der Waals surface area contributed by atoms with Gasteiger partial charge in [-0.05, 0) is 36.8 Å². The Morgan fingerprint density at radius 2 is 2.08 bits per heavy atom. The summed E-state index contributed by atoms with van der Waals surface area (Å²) in [7, 11) is 1.61. The smallest absolute Gasteiger partial charge is 0.267 e. The van der Waals surface area contributed by atoms with Crippen LogP contribution in [0.4, 0.5) is 5.69 Å². The summed E-state index contributed by atoms with van der Waals surface area (Å²) in [4.78, 5) is 14.8. The highest BCUT2D eigenvalue weighted by molar-refractivity contribution is 8.26. The second-order valence-electron chi connectivity index (χ2n) is 5.65. The lowest BCUT2D eigenvalue weighted by Crippen LogP contribution is -2.33. The summed E-state index contributed by atoms with van der Waals surface area (Å²) in [6.07, 6.45) is 1.81. The number of methoxy groups -OCH3 is 1. The maximum Gasteiger partial charge on any atom is 0.267 e. The lowest BCUT2D eigenvalue weighted by Gasteiger charge is -2.16. The molecule has 1 heterocycles. The van der Waals surface area contributed by atoms with E-state index in [2.05, 4.69) is 5.32 Å². The molecular weight excluding hydrogens is 388 g/mol. The minimum absolute atomic E-state index is 0.128. The first-order valence-corrected chi connectivity index (χ1v) is 9.48. The average molecular weight is 405 g/mol. The zero-order valence-corrected chi connectivity index (χ0v) is 16.7. The van der Waals surface area contributed by atoms with Gasteiger partial charge in [0.25, 0.3) is 5.91 Å². The molecule has 1 aliphatic rings. The number of para-hydroxylation sites is 1. The van der Waals surface area contributed by atoms with Gasteiger partial charge in [0.2, 0.25) is 0 Å². The molecule has 134 valence electrons. The van der Waals surface area contributed by atoms with Gasteiger partial charge in [0.1, 0.15) is 10.1 Å². The van der Waals surface area contributed by atoms with Crippen molar-refractivity contribution in [1.82, 2.24) is 4.90 Å². The molecule has 0 spiro atoms. The van der Waals surface area contributed by atoms with Gasteiger partial charge in [-0.25, -0.2) is 0 Å². The van der Waals surface area contributed by atoms with Crippen LogP contribution >= 0.6 is 35.6 Å². The van der Waals surface area contributed by atoms with Crippen molar-refractivity contribution >= 4 is 57.6 Å². The lowest BCUT2D eigenvalue weighted by molar-refractivity contribution is -0.121. The number of amides is 1. The van der Waals surface area contributed by atoms with E-state index in [0.29, 0.717) is 20.0 Å². The van der Waals surface area contributed by atoms with Gasteiger partial charge < -0.3 is 10.1 Å². The summed E-state index contributed by atoms with van der Waals surface area (Å²) in [6.45, 7) is 2.23. The number of carbonyl (C=O) groups is 1. The van der Waals surface area contributed by atoms with E-state index in [1.165, 1.54) is 16.7 Å². The van der Waals surface area contributed by atoms with Crippen LogP contribution in [0.5, 0.6) is 5.75 Å². The molecule has 0 saturated carbocycles. The van der Waals surface area contributed by atoms with Gasteiger partial charge in [0.15, 0.2) is 0 Å². The van der Waals surface area contributed by atoms with Crippen molar-refractivity contribution in [2.75, 3.05) is 19.1 Å². The van der Waals surface area contributed by atoms with Crippen LogP contribution in [0.25, 0.3) is 6.08 Å². The molecule has 1 fully saturated rings. The molecular formula is C19H17ClN2O2S2. The van der Waals surface area contributed by atoms with Crippen molar-refractivity contribution in [3.63, 3.8) is 0 Å². The highest BCUT2D eigenvalue weighted by Gasteiger charge is 2.32. The fourth-order valence-electron chi connectivity index (χ4n) is 2.44. The highest BCUT2D eigenvalue weighted by Crippen LogP contribution is 2.34. The van der Waals surface area contributed by atoms with E-state index < -0.39 is 0 Å². The lowest BCUT2D eigenvalue weighted by atomic mass is 10.2. The van der Waals surface area contributed by atoms with Crippen LogP contribution in [0.15, 0.2) is 47.4 Å². The molecule has 26 heavy (non-hydrogen) atoms. The number of anilines is 1. The molecule has 2 aromatic rings. The molecule has 7 heteroatoms. The monoisotopic (exact) mass is 404 g/mol. The van der Waals surface area contributed by atoms with Crippen molar-refractivity contribution < 1.29 is 9.53 Å². The normalized spacial score (nSPS) is 15.7. The highest BCUT2D eigenvalue weighted by atomic mass is 35.5. The second kappa shape index (κ2) is 8.12. The fourth-order valence-corrected chi connectivity index (χ4v) is 3.86. The summed E-state index contributed by atoms with van der Waals surface area (Å²) >= 11 is 12.8.